The summed E-state index contributed by atoms with van der Waals surface area (Å²) in [6, 6.07) is 1.31. The molecule has 1 fully saturated rings. The van der Waals surface area contributed by atoms with Gasteiger partial charge in [-0.15, -0.1) is 0 Å². The minimum atomic E-state index is 0.655. The van der Waals surface area contributed by atoms with E-state index in [1.807, 2.05) is 0 Å². The molecule has 18 heavy (non-hydrogen) atoms. The lowest BCUT2D eigenvalue weighted by atomic mass is 9.83. The minimum Gasteiger partial charge on any atom is -0.315 e. The highest BCUT2D eigenvalue weighted by Crippen LogP contribution is 2.27. The van der Waals surface area contributed by atoms with E-state index in [0.29, 0.717) is 12.1 Å². The van der Waals surface area contributed by atoms with E-state index in [2.05, 4.69) is 44.8 Å². The summed E-state index contributed by atoms with van der Waals surface area (Å²) in [5.74, 6) is 1.91. The third-order valence-electron chi connectivity index (χ3n) is 4.44. The maximum absolute atomic E-state index is 3.67. The molecule has 2 heteroatoms. The Morgan fingerprint density at radius 2 is 1.56 bits per heavy atom. The first-order chi connectivity index (χ1) is 8.50. The van der Waals surface area contributed by atoms with Gasteiger partial charge in [0.1, 0.15) is 0 Å². The average Bonchev–Trinajstić information content (AvgIpc) is 2.30. The second-order valence-electron chi connectivity index (χ2n) is 6.76. The topological polar surface area (TPSA) is 15.3 Å². The molecule has 0 saturated heterocycles. The molecular weight excluding hydrogens is 220 g/mol. The molecule has 0 bridgehead atoms. The van der Waals surface area contributed by atoms with Crippen LogP contribution in [0.1, 0.15) is 60.3 Å². The molecule has 1 rings (SSSR count). The second kappa shape index (κ2) is 8.16. The molecule has 0 radical (unpaired) electrons. The molecule has 108 valence electrons. The summed E-state index contributed by atoms with van der Waals surface area (Å²) in [5, 5.41) is 3.67. The van der Waals surface area contributed by atoms with Crippen molar-refractivity contribution in [3.63, 3.8) is 0 Å². The third-order valence-corrected chi connectivity index (χ3v) is 4.44. The predicted octanol–water partition coefficient (Wildman–Crippen LogP) is 3.52. The first-order valence-electron chi connectivity index (χ1n) is 7.97. The molecule has 1 aliphatic rings. The molecular formula is C16H34N2. The minimum absolute atomic E-state index is 0.655. The van der Waals surface area contributed by atoms with Crippen molar-refractivity contribution in [2.24, 2.45) is 11.8 Å². The molecule has 0 aromatic carbocycles. The van der Waals surface area contributed by atoms with Crippen molar-refractivity contribution in [1.82, 2.24) is 10.2 Å². The molecule has 1 N–H and O–H groups in total. The van der Waals surface area contributed by atoms with Gasteiger partial charge in [0.2, 0.25) is 0 Å². The van der Waals surface area contributed by atoms with E-state index >= 15 is 0 Å². The Hall–Kier alpha value is -0.0800. The third kappa shape index (κ3) is 5.71. The summed E-state index contributed by atoms with van der Waals surface area (Å²) in [6.07, 6.45) is 5.76. The Kier molecular flexibility index (Phi) is 7.25. The summed E-state index contributed by atoms with van der Waals surface area (Å²) >= 11 is 0. The number of hydrogen-bond donors (Lipinski definition) is 1. The van der Waals surface area contributed by atoms with Gasteiger partial charge in [0.15, 0.2) is 0 Å². The molecule has 2 nitrogen and oxygen atoms in total. The second-order valence-corrected chi connectivity index (χ2v) is 6.76. The van der Waals surface area contributed by atoms with Gasteiger partial charge in [-0.05, 0) is 58.9 Å². The van der Waals surface area contributed by atoms with Crippen LogP contribution in [0.5, 0.6) is 0 Å². The van der Waals surface area contributed by atoms with E-state index in [1.165, 1.54) is 38.8 Å². The zero-order valence-electron chi connectivity index (χ0n) is 13.2. The predicted molar refractivity (Wildman–Crippen MR) is 81.0 cm³/mol. The van der Waals surface area contributed by atoms with Crippen LogP contribution in [0.4, 0.5) is 0 Å². The Labute approximate surface area is 115 Å². The van der Waals surface area contributed by atoms with Gasteiger partial charge in [0.05, 0.1) is 0 Å². The van der Waals surface area contributed by atoms with Gasteiger partial charge in [-0.2, -0.15) is 0 Å². The maximum atomic E-state index is 3.67. The van der Waals surface area contributed by atoms with Crippen molar-refractivity contribution in [2.45, 2.75) is 72.4 Å². The lowest BCUT2D eigenvalue weighted by molar-refractivity contribution is 0.173. The van der Waals surface area contributed by atoms with Crippen LogP contribution in [-0.4, -0.2) is 36.6 Å². The average molecular weight is 254 g/mol. The molecule has 0 unspecified atom stereocenters. The highest BCUT2D eigenvalue weighted by Gasteiger charge is 2.18. The van der Waals surface area contributed by atoms with Crippen molar-refractivity contribution in [1.29, 1.82) is 0 Å². The van der Waals surface area contributed by atoms with E-state index in [0.717, 1.165) is 18.4 Å². The zero-order chi connectivity index (χ0) is 13.5. The van der Waals surface area contributed by atoms with Crippen LogP contribution in [-0.2, 0) is 0 Å². The van der Waals surface area contributed by atoms with Crippen LogP contribution in [0.25, 0.3) is 0 Å². The van der Waals surface area contributed by atoms with Crippen molar-refractivity contribution in [3.8, 4) is 0 Å². The summed E-state index contributed by atoms with van der Waals surface area (Å²) in [6.45, 7) is 15.1. The lowest BCUT2D eigenvalue weighted by Gasteiger charge is -2.31. The highest BCUT2D eigenvalue weighted by molar-refractivity contribution is 4.73. The monoisotopic (exact) mass is 254 g/mol. The van der Waals surface area contributed by atoms with Crippen LogP contribution >= 0.6 is 0 Å². The Balaban J connectivity index is 2.10. The molecule has 0 aromatic heterocycles. The molecule has 0 aromatic rings. The molecule has 0 spiro atoms. The van der Waals surface area contributed by atoms with E-state index < -0.39 is 0 Å². The molecule has 1 saturated carbocycles. The van der Waals surface area contributed by atoms with Crippen molar-refractivity contribution in [2.75, 3.05) is 19.6 Å². The normalized spacial score (nSPS) is 25.3. The van der Waals surface area contributed by atoms with Crippen LogP contribution < -0.4 is 5.32 Å². The van der Waals surface area contributed by atoms with Crippen LogP contribution in [0.3, 0.4) is 0 Å². The molecule has 0 amide bonds. The van der Waals surface area contributed by atoms with Gasteiger partial charge in [0, 0.05) is 25.2 Å². The van der Waals surface area contributed by atoms with Crippen molar-refractivity contribution < 1.29 is 0 Å². The quantitative estimate of drug-likeness (QED) is 0.699. The Morgan fingerprint density at radius 3 is 2.06 bits per heavy atom. The summed E-state index contributed by atoms with van der Waals surface area (Å²) in [5.41, 5.74) is 0. The first kappa shape index (κ1) is 16.0. The van der Waals surface area contributed by atoms with E-state index in [-0.39, 0.29) is 0 Å². The first-order valence-corrected chi connectivity index (χ1v) is 7.97. The van der Waals surface area contributed by atoms with Gasteiger partial charge in [-0.25, -0.2) is 0 Å². The largest absolute Gasteiger partial charge is 0.315 e. The maximum Gasteiger partial charge on any atom is 0.0112 e. The van der Waals surface area contributed by atoms with Gasteiger partial charge < -0.3 is 5.32 Å². The summed E-state index contributed by atoms with van der Waals surface area (Å²) in [4.78, 5) is 2.57. The van der Waals surface area contributed by atoms with Crippen LogP contribution in [0.15, 0.2) is 0 Å². The highest BCUT2D eigenvalue weighted by atomic mass is 15.2. The van der Waals surface area contributed by atoms with Gasteiger partial charge in [-0.3, -0.25) is 4.90 Å². The number of rotatable bonds is 7. The smallest absolute Gasteiger partial charge is 0.0112 e. The van der Waals surface area contributed by atoms with Gasteiger partial charge >= 0.3 is 0 Å². The van der Waals surface area contributed by atoms with E-state index in [9.17, 15) is 0 Å². The van der Waals surface area contributed by atoms with E-state index in [1.54, 1.807) is 0 Å². The molecule has 0 heterocycles. The zero-order valence-corrected chi connectivity index (χ0v) is 13.2. The van der Waals surface area contributed by atoms with Gasteiger partial charge in [-0.1, -0.05) is 19.8 Å². The summed E-state index contributed by atoms with van der Waals surface area (Å²) in [7, 11) is 0. The number of nitrogens with zero attached hydrogens (tertiary/aromatic N) is 1. The molecule has 1 aliphatic carbocycles. The summed E-state index contributed by atoms with van der Waals surface area (Å²) < 4.78 is 0. The fraction of sp³-hybridized carbons (Fsp3) is 1.00. The molecule has 0 atom stereocenters. The van der Waals surface area contributed by atoms with E-state index in [4.69, 9.17) is 0 Å². The van der Waals surface area contributed by atoms with Crippen LogP contribution in [0, 0.1) is 11.8 Å². The van der Waals surface area contributed by atoms with Crippen molar-refractivity contribution >= 4 is 0 Å². The van der Waals surface area contributed by atoms with Crippen molar-refractivity contribution in [3.05, 3.63) is 0 Å². The lowest BCUT2D eigenvalue weighted by Crippen LogP contribution is -2.42. The Morgan fingerprint density at radius 1 is 1.00 bits per heavy atom. The van der Waals surface area contributed by atoms with Gasteiger partial charge in [0.25, 0.3) is 0 Å². The SMILES string of the molecule is CC1CCC(CNCCN(C(C)C)C(C)C)CC1. The molecule has 0 aliphatic heterocycles. The number of nitrogens with one attached hydrogen (secondary N) is 1. The Bertz CT molecular complexity index is 197. The number of hydrogen-bond acceptors (Lipinski definition) is 2. The van der Waals surface area contributed by atoms with Crippen LogP contribution in [0.2, 0.25) is 0 Å². The fourth-order valence-electron chi connectivity index (χ4n) is 3.16. The fourth-order valence-corrected chi connectivity index (χ4v) is 3.16. The standard InChI is InChI=1S/C16H34N2/c1-13(2)18(14(3)4)11-10-17-12-16-8-6-15(5)7-9-16/h13-17H,6-12H2,1-5H3.